The van der Waals surface area contributed by atoms with Crippen molar-refractivity contribution in [2.45, 2.75) is 32.2 Å². The van der Waals surface area contributed by atoms with Gasteiger partial charge < -0.3 is 5.73 Å². The summed E-state index contributed by atoms with van der Waals surface area (Å²) >= 11 is 0. The first-order chi connectivity index (χ1) is 7.52. The van der Waals surface area contributed by atoms with E-state index in [1.54, 1.807) is 6.07 Å². The zero-order valence-electron chi connectivity index (χ0n) is 9.78. The molecule has 0 aliphatic heterocycles. The lowest BCUT2D eigenvalue weighted by Gasteiger charge is -2.27. The van der Waals surface area contributed by atoms with E-state index >= 15 is 0 Å². The molecule has 1 aliphatic carbocycles. The van der Waals surface area contributed by atoms with Gasteiger partial charge in [0.1, 0.15) is 11.6 Å². The SMILES string of the molecule is C[C@]1(Cc2cccc(F)c2)C(=O)CC[C@H]1N.Cl. The van der Waals surface area contributed by atoms with Crippen LogP contribution in [0.5, 0.6) is 0 Å². The van der Waals surface area contributed by atoms with Gasteiger partial charge >= 0.3 is 0 Å². The molecule has 1 aromatic rings. The molecule has 2 rings (SSSR count). The Morgan fingerprint density at radius 1 is 1.53 bits per heavy atom. The van der Waals surface area contributed by atoms with Gasteiger partial charge in [-0.1, -0.05) is 19.1 Å². The summed E-state index contributed by atoms with van der Waals surface area (Å²) in [7, 11) is 0. The Balaban J connectivity index is 0.00000144. The Bertz CT molecular complexity index is 424. The highest BCUT2D eigenvalue weighted by Crippen LogP contribution is 2.36. The van der Waals surface area contributed by atoms with Gasteiger partial charge in [-0.15, -0.1) is 12.4 Å². The molecule has 2 nitrogen and oxygen atoms in total. The number of Topliss-reactive ketones (excluding diaryl/α,β-unsaturated/α-hetero) is 1. The minimum absolute atomic E-state index is 0. The van der Waals surface area contributed by atoms with E-state index in [1.807, 2.05) is 13.0 Å². The Morgan fingerprint density at radius 2 is 2.24 bits per heavy atom. The van der Waals surface area contributed by atoms with Gasteiger partial charge in [-0.25, -0.2) is 4.39 Å². The van der Waals surface area contributed by atoms with Crippen LogP contribution in [0.25, 0.3) is 0 Å². The Morgan fingerprint density at radius 3 is 2.76 bits per heavy atom. The number of ketones is 1. The van der Waals surface area contributed by atoms with Crippen molar-refractivity contribution in [3.05, 3.63) is 35.6 Å². The second-order valence-corrected chi connectivity index (χ2v) is 4.79. The average Bonchev–Trinajstić information content (AvgIpc) is 2.46. The molecule has 0 heterocycles. The van der Waals surface area contributed by atoms with Crippen molar-refractivity contribution in [1.29, 1.82) is 0 Å². The van der Waals surface area contributed by atoms with E-state index in [4.69, 9.17) is 5.73 Å². The number of halogens is 2. The molecule has 1 saturated carbocycles. The van der Waals surface area contributed by atoms with Crippen molar-refractivity contribution >= 4 is 18.2 Å². The van der Waals surface area contributed by atoms with Gasteiger partial charge in [0.15, 0.2) is 0 Å². The van der Waals surface area contributed by atoms with E-state index in [9.17, 15) is 9.18 Å². The molecule has 1 aliphatic rings. The van der Waals surface area contributed by atoms with Gasteiger partial charge in [0, 0.05) is 17.9 Å². The van der Waals surface area contributed by atoms with E-state index in [1.165, 1.54) is 12.1 Å². The predicted octanol–water partition coefficient (Wildman–Crippen LogP) is 2.49. The minimum atomic E-state index is -0.520. The van der Waals surface area contributed by atoms with E-state index in [2.05, 4.69) is 0 Å². The summed E-state index contributed by atoms with van der Waals surface area (Å²) in [6.45, 7) is 1.89. The molecule has 0 saturated heterocycles. The van der Waals surface area contributed by atoms with Gasteiger partial charge in [-0.2, -0.15) is 0 Å². The lowest BCUT2D eigenvalue weighted by Crippen LogP contribution is -2.40. The molecule has 4 heteroatoms. The van der Waals surface area contributed by atoms with Gasteiger partial charge in [-0.05, 0) is 30.5 Å². The third-order valence-corrected chi connectivity index (χ3v) is 3.60. The number of hydrogen-bond donors (Lipinski definition) is 1. The molecule has 94 valence electrons. The van der Waals surface area contributed by atoms with Crippen LogP contribution in [0.15, 0.2) is 24.3 Å². The number of carbonyl (C=O) groups is 1. The smallest absolute Gasteiger partial charge is 0.140 e. The van der Waals surface area contributed by atoms with E-state index in [-0.39, 0.29) is 30.0 Å². The van der Waals surface area contributed by atoms with E-state index < -0.39 is 5.41 Å². The van der Waals surface area contributed by atoms with Crippen LogP contribution in [0.4, 0.5) is 4.39 Å². The summed E-state index contributed by atoms with van der Waals surface area (Å²) in [6.07, 6.45) is 1.82. The zero-order chi connectivity index (χ0) is 11.8. The highest BCUT2D eigenvalue weighted by Gasteiger charge is 2.43. The normalized spacial score (nSPS) is 27.9. The van der Waals surface area contributed by atoms with Crippen molar-refractivity contribution < 1.29 is 9.18 Å². The molecule has 1 fully saturated rings. The molecule has 2 N–H and O–H groups in total. The van der Waals surface area contributed by atoms with Crippen molar-refractivity contribution in [1.82, 2.24) is 0 Å². The van der Waals surface area contributed by atoms with Crippen LogP contribution in [-0.4, -0.2) is 11.8 Å². The Kier molecular flexibility index (Phi) is 4.28. The Labute approximate surface area is 107 Å². The minimum Gasteiger partial charge on any atom is -0.327 e. The largest absolute Gasteiger partial charge is 0.327 e. The van der Waals surface area contributed by atoms with Gasteiger partial charge in [-0.3, -0.25) is 4.79 Å². The summed E-state index contributed by atoms with van der Waals surface area (Å²) in [5.41, 5.74) is 6.30. The number of hydrogen-bond acceptors (Lipinski definition) is 2. The topological polar surface area (TPSA) is 43.1 Å². The van der Waals surface area contributed by atoms with Crippen molar-refractivity contribution in [2.75, 3.05) is 0 Å². The summed E-state index contributed by atoms with van der Waals surface area (Å²) in [5.74, 6) is -0.0654. The van der Waals surface area contributed by atoms with Crippen molar-refractivity contribution in [3.8, 4) is 0 Å². The highest BCUT2D eigenvalue weighted by molar-refractivity contribution is 5.87. The first kappa shape index (κ1) is 14.1. The summed E-state index contributed by atoms with van der Waals surface area (Å²) in [5, 5.41) is 0. The molecule has 0 radical (unpaired) electrons. The molecular formula is C13H17ClFNO. The number of benzene rings is 1. The summed E-state index contributed by atoms with van der Waals surface area (Å²) in [4.78, 5) is 11.8. The van der Waals surface area contributed by atoms with E-state index in [0.29, 0.717) is 12.8 Å². The van der Waals surface area contributed by atoms with Gasteiger partial charge in [0.2, 0.25) is 0 Å². The Hall–Kier alpha value is -0.930. The standard InChI is InChI=1S/C13H16FNO.ClH/c1-13(11(15)5-6-12(13)16)8-9-3-2-4-10(14)7-9;/h2-4,7,11H,5-6,8,15H2,1H3;1H/t11-,13-;/m1./s1. The first-order valence-corrected chi connectivity index (χ1v) is 5.56. The van der Waals surface area contributed by atoms with Crippen LogP contribution >= 0.6 is 12.4 Å². The monoisotopic (exact) mass is 257 g/mol. The second kappa shape index (κ2) is 5.15. The zero-order valence-corrected chi connectivity index (χ0v) is 10.6. The molecule has 17 heavy (non-hydrogen) atoms. The maximum atomic E-state index is 13.0. The number of nitrogens with two attached hydrogens (primary N) is 1. The van der Waals surface area contributed by atoms with Crippen LogP contribution in [0.1, 0.15) is 25.3 Å². The molecule has 0 aromatic heterocycles. The van der Waals surface area contributed by atoms with E-state index in [0.717, 1.165) is 12.0 Å². The van der Waals surface area contributed by atoms with Crippen LogP contribution in [-0.2, 0) is 11.2 Å². The van der Waals surface area contributed by atoms with Crippen LogP contribution in [0.2, 0.25) is 0 Å². The quantitative estimate of drug-likeness (QED) is 0.885. The highest BCUT2D eigenvalue weighted by atomic mass is 35.5. The van der Waals surface area contributed by atoms with Gasteiger partial charge in [0.25, 0.3) is 0 Å². The average molecular weight is 258 g/mol. The van der Waals surface area contributed by atoms with Crippen molar-refractivity contribution in [3.63, 3.8) is 0 Å². The fourth-order valence-electron chi connectivity index (χ4n) is 2.40. The molecular weight excluding hydrogens is 241 g/mol. The molecule has 0 unspecified atom stereocenters. The van der Waals surface area contributed by atoms with Crippen LogP contribution in [0, 0.1) is 11.2 Å². The molecule has 1 aromatic carbocycles. The van der Waals surface area contributed by atoms with Gasteiger partial charge in [0.05, 0.1) is 0 Å². The maximum Gasteiger partial charge on any atom is 0.140 e. The van der Waals surface area contributed by atoms with Crippen molar-refractivity contribution in [2.24, 2.45) is 11.1 Å². The predicted molar refractivity (Wildman–Crippen MR) is 67.7 cm³/mol. The third-order valence-electron chi connectivity index (χ3n) is 3.60. The lowest BCUT2D eigenvalue weighted by molar-refractivity contribution is -0.125. The fraction of sp³-hybridized carbons (Fsp3) is 0.462. The molecule has 0 bridgehead atoms. The van der Waals surface area contributed by atoms with Crippen LogP contribution in [0.3, 0.4) is 0 Å². The molecule has 0 amide bonds. The summed E-state index contributed by atoms with van der Waals surface area (Å²) < 4.78 is 13.0. The third kappa shape index (κ3) is 2.67. The second-order valence-electron chi connectivity index (χ2n) is 4.79. The molecule has 0 spiro atoms. The van der Waals surface area contributed by atoms with Crippen LogP contribution < -0.4 is 5.73 Å². The summed E-state index contributed by atoms with van der Waals surface area (Å²) in [6, 6.07) is 6.28. The number of carbonyl (C=O) groups excluding carboxylic acids is 1. The number of rotatable bonds is 2. The lowest BCUT2D eigenvalue weighted by atomic mass is 9.78. The molecule has 2 atom stereocenters. The fourth-order valence-corrected chi connectivity index (χ4v) is 2.40. The maximum absolute atomic E-state index is 13.0. The first-order valence-electron chi connectivity index (χ1n) is 5.56.